The van der Waals surface area contributed by atoms with E-state index in [1.807, 2.05) is 90.1 Å². The van der Waals surface area contributed by atoms with Crippen LogP contribution in [0.1, 0.15) is 33.4 Å². The zero-order valence-corrected chi connectivity index (χ0v) is 21.0. The molecule has 3 N–H and O–H groups in total. The Hall–Kier alpha value is -4.12. The highest BCUT2D eigenvalue weighted by Gasteiger charge is 2.23. The molecule has 0 atom stereocenters. The van der Waals surface area contributed by atoms with Gasteiger partial charge in [0.15, 0.2) is 0 Å². The maximum Gasteiger partial charge on any atom is 0.134 e. The van der Waals surface area contributed by atoms with Gasteiger partial charge < -0.3 is 25.0 Å². The van der Waals surface area contributed by atoms with Gasteiger partial charge in [-0.3, -0.25) is 0 Å². The number of aromatic hydroxyl groups is 3. The number of phenols is 3. The number of nitrogens with zero attached hydrogens (tertiary/aromatic N) is 1. The maximum atomic E-state index is 10.6. The molecule has 0 radical (unpaired) electrons. The minimum atomic E-state index is 0.198. The fraction of sp³-hybridized carbons (Fsp3) is 0.200. The first-order chi connectivity index (χ1) is 16.6. The molecular weight excluding hydrogens is 438 g/mol. The van der Waals surface area contributed by atoms with Crippen molar-refractivity contribution in [3.8, 4) is 28.7 Å². The van der Waals surface area contributed by atoms with Crippen molar-refractivity contribution >= 4 is 17.1 Å². The monoisotopic (exact) mass is 469 g/mol. The number of hydrogen-bond donors (Lipinski definition) is 3. The lowest BCUT2D eigenvalue weighted by molar-refractivity contribution is 0.445. The predicted octanol–water partition coefficient (Wildman–Crippen LogP) is 7.92. The van der Waals surface area contributed by atoms with Crippen molar-refractivity contribution in [2.45, 2.75) is 41.5 Å². The summed E-state index contributed by atoms with van der Waals surface area (Å²) in [6.07, 6.45) is 0. The van der Waals surface area contributed by atoms with Crippen LogP contribution in [0.25, 0.3) is 0 Å². The van der Waals surface area contributed by atoms with Gasteiger partial charge in [0, 0.05) is 28.4 Å². The largest absolute Gasteiger partial charge is 0.508 e. The van der Waals surface area contributed by atoms with Crippen molar-refractivity contribution in [3.63, 3.8) is 0 Å². The van der Waals surface area contributed by atoms with Crippen LogP contribution in [0.15, 0.2) is 60.7 Å². The van der Waals surface area contributed by atoms with Crippen LogP contribution in [0.2, 0.25) is 0 Å². The van der Waals surface area contributed by atoms with E-state index in [0.717, 1.165) is 44.9 Å². The Balaban J connectivity index is 1.92. The van der Waals surface area contributed by atoms with Gasteiger partial charge in [-0.25, -0.2) is 0 Å². The van der Waals surface area contributed by atoms with E-state index < -0.39 is 0 Å². The van der Waals surface area contributed by atoms with Crippen LogP contribution in [0.4, 0.5) is 17.1 Å². The van der Waals surface area contributed by atoms with Crippen molar-refractivity contribution in [1.82, 2.24) is 0 Å². The summed E-state index contributed by atoms with van der Waals surface area (Å²) in [4.78, 5) is 2.06. The van der Waals surface area contributed by atoms with E-state index in [-0.39, 0.29) is 17.2 Å². The number of phenolic OH excluding ortho intramolecular Hbond substituents is 3. The number of benzene rings is 4. The van der Waals surface area contributed by atoms with E-state index in [1.54, 1.807) is 12.1 Å². The lowest BCUT2D eigenvalue weighted by Crippen LogP contribution is -2.15. The van der Waals surface area contributed by atoms with Crippen LogP contribution >= 0.6 is 0 Å². The van der Waals surface area contributed by atoms with Crippen molar-refractivity contribution in [3.05, 3.63) is 94.0 Å². The molecule has 0 aliphatic heterocycles. The average Bonchev–Trinajstić information content (AvgIpc) is 2.83. The summed E-state index contributed by atoms with van der Waals surface area (Å²) in [5.74, 6) is 1.79. The first-order valence-corrected chi connectivity index (χ1v) is 11.6. The number of hydrogen-bond acceptors (Lipinski definition) is 5. The average molecular weight is 470 g/mol. The van der Waals surface area contributed by atoms with Gasteiger partial charge in [0.1, 0.15) is 28.7 Å². The molecular formula is C30H31NO4. The Morgan fingerprint density at radius 3 is 1.71 bits per heavy atom. The lowest BCUT2D eigenvalue weighted by atomic mass is 10.0. The van der Waals surface area contributed by atoms with Gasteiger partial charge in [0.25, 0.3) is 0 Å². The Morgan fingerprint density at radius 2 is 1.14 bits per heavy atom. The Bertz CT molecular complexity index is 1370. The van der Waals surface area contributed by atoms with Gasteiger partial charge >= 0.3 is 0 Å². The van der Waals surface area contributed by atoms with Crippen molar-refractivity contribution < 1.29 is 20.1 Å². The molecule has 4 rings (SSSR count). The van der Waals surface area contributed by atoms with Crippen LogP contribution in [0, 0.1) is 41.5 Å². The third kappa shape index (κ3) is 4.37. The van der Waals surface area contributed by atoms with Gasteiger partial charge in [-0.15, -0.1) is 0 Å². The predicted molar refractivity (Wildman–Crippen MR) is 141 cm³/mol. The van der Waals surface area contributed by atoms with Crippen LogP contribution in [0.5, 0.6) is 28.7 Å². The summed E-state index contributed by atoms with van der Waals surface area (Å²) in [6.45, 7) is 11.5. The molecule has 0 unspecified atom stereocenters. The van der Waals surface area contributed by atoms with Gasteiger partial charge in [-0.05, 0) is 88.6 Å². The lowest BCUT2D eigenvalue weighted by Gasteiger charge is -2.32. The number of rotatable bonds is 5. The Morgan fingerprint density at radius 1 is 0.600 bits per heavy atom. The molecule has 0 heterocycles. The molecule has 4 aromatic rings. The topological polar surface area (TPSA) is 73.2 Å². The Labute approximate surface area is 206 Å². The van der Waals surface area contributed by atoms with Crippen molar-refractivity contribution in [1.29, 1.82) is 0 Å². The molecule has 4 aromatic carbocycles. The molecule has 180 valence electrons. The zero-order chi connectivity index (χ0) is 25.4. The summed E-state index contributed by atoms with van der Waals surface area (Å²) in [6, 6.07) is 18.5. The SMILES string of the molecule is Cc1ccc(Oc2cccc(N(c3c(C)ccc(O)c3C)c3c(C)ccc(O)c3C)c2)c(C)c1O. The van der Waals surface area contributed by atoms with Crippen LogP contribution in [-0.4, -0.2) is 15.3 Å². The van der Waals surface area contributed by atoms with Gasteiger partial charge in [-0.2, -0.15) is 0 Å². The highest BCUT2D eigenvalue weighted by molar-refractivity contribution is 5.85. The second kappa shape index (κ2) is 9.26. The molecule has 35 heavy (non-hydrogen) atoms. The second-order valence-corrected chi connectivity index (χ2v) is 9.04. The van der Waals surface area contributed by atoms with E-state index in [0.29, 0.717) is 17.1 Å². The third-order valence-corrected chi connectivity index (χ3v) is 6.54. The fourth-order valence-electron chi connectivity index (χ4n) is 4.45. The summed E-state index contributed by atoms with van der Waals surface area (Å²) in [7, 11) is 0. The van der Waals surface area contributed by atoms with E-state index in [4.69, 9.17) is 4.74 Å². The smallest absolute Gasteiger partial charge is 0.134 e. The molecule has 0 aliphatic rings. The van der Waals surface area contributed by atoms with Gasteiger partial charge in [0.2, 0.25) is 0 Å². The molecule has 5 nitrogen and oxygen atoms in total. The number of ether oxygens (including phenoxy) is 1. The first-order valence-electron chi connectivity index (χ1n) is 11.6. The number of aryl methyl sites for hydroxylation is 3. The van der Waals surface area contributed by atoms with E-state index in [9.17, 15) is 15.3 Å². The third-order valence-electron chi connectivity index (χ3n) is 6.54. The Kier molecular flexibility index (Phi) is 6.35. The van der Waals surface area contributed by atoms with Gasteiger partial charge in [0.05, 0.1) is 11.4 Å². The standard InChI is InChI=1S/C30H31NO4/c1-17-10-13-25(32)20(4)28(17)31(29-18(2)11-14-26(33)21(29)5)23-8-7-9-24(16-23)35-27-15-12-19(3)30(34)22(27)6/h7-16,32-34H,1-6H3. The second-order valence-electron chi connectivity index (χ2n) is 9.04. The minimum absolute atomic E-state index is 0.198. The molecule has 0 bridgehead atoms. The van der Waals surface area contributed by atoms with Gasteiger partial charge in [-0.1, -0.05) is 24.3 Å². The summed E-state index contributed by atoms with van der Waals surface area (Å²) < 4.78 is 6.19. The summed E-state index contributed by atoms with van der Waals surface area (Å²) in [5, 5.41) is 31.5. The quantitative estimate of drug-likeness (QED) is 0.277. The normalized spacial score (nSPS) is 10.9. The van der Waals surface area contributed by atoms with E-state index in [1.165, 1.54) is 0 Å². The van der Waals surface area contributed by atoms with E-state index in [2.05, 4.69) is 4.90 Å². The molecule has 0 saturated heterocycles. The first kappa shape index (κ1) is 24.0. The molecule has 0 fully saturated rings. The molecule has 0 aromatic heterocycles. The zero-order valence-electron chi connectivity index (χ0n) is 21.0. The number of anilines is 3. The molecule has 0 spiro atoms. The van der Waals surface area contributed by atoms with Crippen LogP contribution < -0.4 is 9.64 Å². The highest BCUT2D eigenvalue weighted by Crippen LogP contribution is 2.46. The molecule has 0 saturated carbocycles. The molecule has 0 amide bonds. The van der Waals surface area contributed by atoms with Crippen molar-refractivity contribution in [2.24, 2.45) is 0 Å². The summed E-state index contributed by atoms with van der Waals surface area (Å²) >= 11 is 0. The summed E-state index contributed by atoms with van der Waals surface area (Å²) in [5.41, 5.74) is 7.37. The molecule has 5 heteroatoms. The van der Waals surface area contributed by atoms with Crippen LogP contribution in [0.3, 0.4) is 0 Å². The van der Waals surface area contributed by atoms with Crippen molar-refractivity contribution in [2.75, 3.05) is 4.90 Å². The highest BCUT2D eigenvalue weighted by atomic mass is 16.5. The fourth-order valence-corrected chi connectivity index (χ4v) is 4.45. The molecule has 0 aliphatic carbocycles. The minimum Gasteiger partial charge on any atom is -0.508 e. The maximum absolute atomic E-state index is 10.6. The van der Waals surface area contributed by atoms with E-state index >= 15 is 0 Å². The van der Waals surface area contributed by atoms with Crippen LogP contribution in [-0.2, 0) is 0 Å².